The van der Waals surface area contributed by atoms with Gasteiger partial charge in [0.2, 0.25) is 11.8 Å². The van der Waals surface area contributed by atoms with Crippen LogP contribution in [0.25, 0.3) is 27.7 Å². The molecule has 1 fully saturated rings. The second-order valence-electron chi connectivity index (χ2n) is 8.58. The molecule has 5 rings (SSSR count). The average molecular weight is 478 g/mol. The molecule has 13 heteroatoms. The van der Waals surface area contributed by atoms with Gasteiger partial charge in [-0.3, -0.25) is 4.90 Å². The van der Waals surface area contributed by atoms with Gasteiger partial charge in [0.25, 0.3) is 5.92 Å². The molecule has 0 unspecified atom stereocenters. The maximum absolute atomic E-state index is 16.1. The van der Waals surface area contributed by atoms with Crippen molar-refractivity contribution in [3.63, 3.8) is 0 Å². The number of hydrogen-bond acceptors (Lipinski definition) is 7. The Bertz CT molecular complexity index is 1400. The fraction of sp³-hybridized carbons (Fsp3) is 0.429. The minimum Gasteiger partial charge on any atom is -0.479 e. The first-order valence-corrected chi connectivity index (χ1v) is 10.6. The van der Waals surface area contributed by atoms with Gasteiger partial charge in [0.1, 0.15) is 17.2 Å². The molecule has 0 radical (unpaired) electrons. The maximum atomic E-state index is 16.1. The van der Waals surface area contributed by atoms with E-state index in [-0.39, 0.29) is 41.7 Å². The minimum atomic E-state index is -3.20. The van der Waals surface area contributed by atoms with Gasteiger partial charge in [0.05, 0.1) is 42.9 Å². The van der Waals surface area contributed by atoms with Crippen LogP contribution in [0.3, 0.4) is 0 Å². The van der Waals surface area contributed by atoms with E-state index < -0.39 is 30.4 Å². The van der Waals surface area contributed by atoms with E-state index in [9.17, 15) is 13.2 Å². The zero-order valence-corrected chi connectivity index (χ0v) is 18.6. The van der Waals surface area contributed by atoms with Crippen molar-refractivity contribution in [1.29, 1.82) is 0 Å². The monoisotopic (exact) mass is 478 g/mol. The molecule has 2 N–H and O–H groups in total. The molecule has 0 bridgehead atoms. The first-order chi connectivity index (χ1) is 16.1. The number of benzene rings is 1. The quantitative estimate of drug-likeness (QED) is 0.441. The van der Waals surface area contributed by atoms with Gasteiger partial charge in [0, 0.05) is 6.54 Å². The molecule has 2 atom stereocenters. The van der Waals surface area contributed by atoms with Crippen LogP contribution in [-0.4, -0.2) is 73.8 Å². The van der Waals surface area contributed by atoms with Crippen LogP contribution in [0.2, 0.25) is 0 Å². The SMILES string of the molecule is COc1nc(N)nn2c([C@H]3CN(C)CC3(F)F)c(F)c(-c3ccc4nnn(C[C@@H](C)F)c4c3)c12. The van der Waals surface area contributed by atoms with E-state index >= 15 is 4.39 Å². The second kappa shape index (κ2) is 7.79. The van der Waals surface area contributed by atoms with Crippen molar-refractivity contribution in [2.75, 3.05) is 33.0 Å². The molecule has 34 heavy (non-hydrogen) atoms. The number of methoxy groups -OCH3 is 1. The van der Waals surface area contributed by atoms with Gasteiger partial charge < -0.3 is 10.5 Å². The molecular weight excluding hydrogens is 456 g/mol. The third-order valence-corrected chi connectivity index (χ3v) is 5.98. The van der Waals surface area contributed by atoms with E-state index in [4.69, 9.17) is 10.5 Å². The summed E-state index contributed by atoms with van der Waals surface area (Å²) < 4.78 is 67.3. The average Bonchev–Trinajstić information content (AvgIpc) is 3.37. The molecule has 1 aliphatic heterocycles. The Morgan fingerprint density at radius 3 is 2.74 bits per heavy atom. The molecule has 0 amide bonds. The van der Waals surface area contributed by atoms with Crippen LogP contribution in [0.5, 0.6) is 5.88 Å². The Balaban J connectivity index is 1.81. The van der Waals surface area contributed by atoms with Gasteiger partial charge in [-0.2, -0.15) is 4.98 Å². The number of anilines is 1. The normalized spacial score (nSPS) is 19.3. The summed E-state index contributed by atoms with van der Waals surface area (Å²) in [6.45, 7) is 0.741. The Morgan fingerprint density at radius 2 is 2.09 bits per heavy atom. The van der Waals surface area contributed by atoms with Crippen LogP contribution in [-0.2, 0) is 6.54 Å². The smallest absolute Gasteiger partial charge is 0.270 e. The third-order valence-electron chi connectivity index (χ3n) is 5.98. The zero-order chi connectivity index (χ0) is 24.4. The summed E-state index contributed by atoms with van der Waals surface area (Å²) in [5, 5.41) is 12.0. The lowest BCUT2D eigenvalue weighted by Crippen LogP contribution is -2.27. The van der Waals surface area contributed by atoms with E-state index in [0.29, 0.717) is 16.6 Å². The number of alkyl halides is 3. The van der Waals surface area contributed by atoms with Gasteiger partial charge in [-0.1, -0.05) is 11.3 Å². The van der Waals surface area contributed by atoms with E-state index in [2.05, 4.69) is 20.4 Å². The molecule has 1 saturated heterocycles. The van der Waals surface area contributed by atoms with Crippen molar-refractivity contribution in [3.8, 4) is 17.0 Å². The third kappa shape index (κ3) is 3.42. The van der Waals surface area contributed by atoms with Crippen molar-refractivity contribution in [2.24, 2.45) is 0 Å². The van der Waals surface area contributed by atoms with Crippen molar-refractivity contribution < 1.29 is 22.3 Å². The predicted molar refractivity (Wildman–Crippen MR) is 116 cm³/mol. The van der Waals surface area contributed by atoms with Gasteiger partial charge in [-0.25, -0.2) is 26.8 Å². The molecule has 0 saturated carbocycles. The second-order valence-corrected chi connectivity index (χ2v) is 8.58. The van der Waals surface area contributed by atoms with Crippen LogP contribution >= 0.6 is 0 Å². The predicted octanol–water partition coefficient (Wildman–Crippen LogP) is 2.89. The fourth-order valence-corrected chi connectivity index (χ4v) is 4.60. The molecule has 0 aliphatic carbocycles. The summed E-state index contributed by atoms with van der Waals surface area (Å²) >= 11 is 0. The van der Waals surface area contributed by atoms with Gasteiger partial charge in [-0.05, 0) is 31.7 Å². The highest BCUT2D eigenvalue weighted by molar-refractivity contribution is 5.90. The first-order valence-electron chi connectivity index (χ1n) is 10.6. The highest BCUT2D eigenvalue weighted by Gasteiger charge is 2.51. The van der Waals surface area contributed by atoms with Gasteiger partial charge >= 0.3 is 0 Å². The number of nitrogens with two attached hydrogens (primary N) is 1. The van der Waals surface area contributed by atoms with Gasteiger partial charge in [-0.15, -0.1) is 10.2 Å². The van der Waals surface area contributed by atoms with Crippen molar-refractivity contribution in [3.05, 3.63) is 29.7 Å². The van der Waals surface area contributed by atoms with Gasteiger partial charge in [0.15, 0.2) is 5.82 Å². The number of nitrogen functional groups attached to an aromatic ring is 1. The molecule has 4 aromatic rings. The van der Waals surface area contributed by atoms with Crippen LogP contribution in [0.1, 0.15) is 18.5 Å². The standard InChI is InChI=1S/C21H22F4N8O/c1-10(22)7-32-14-6-11(4-5-13(14)28-30-32)15-16(23)17(12-8-31(2)9-21(12,24)25)33-18(15)19(34-3)27-20(26)29-33/h4-6,10,12H,7-9H2,1-3H3,(H2,26,29)/t10-,12-/m1/s1. The molecule has 0 spiro atoms. The van der Waals surface area contributed by atoms with Crippen LogP contribution in [0, 0.1) is 5.82 Å². The Labute approximate surface area is 191 Å². The largest absolute Gasteiger partial charge is 0.479 e. The molecule has 1 aliphatic rings. The van der Waals surface area contributed by atoms with Crippen molar-refractivity contribution in [2.45, 2.75) is 31.5 Å². The summed E-state index contributed by atoms with van der Waals surface area (Å²) in [7, 11) is 2.86. The van der Waals surface area contributed by atoms with Crippen molar-refractivity contribution >= 4 is 22.5 Å². The molecule has 4 heterocycles. The Kier molecular flexibility index (Phi) is 5.11. The number of rotatable bonds is 5. The highest BCUT2D eigenvalue weighted by atomic mass is 19.3. The summed E-state index contributed by atoms with van der Waals surface area (Å²) in [5.41, 5.74) is 6.78. The van der Waals surface area contributed by atoms with E-state index in [1.54, 1.807) is 25.2 Å². The lowest BCUT2D eigenvalue weighted by Gasteiger charge is -2.17. The minimum absolute atomic E-state index is 0.0276. The summed E-state index contributed by atoms with van der Waals surface area (Å²) in [4.78, 5) is 5.46. The van der Waals surface area contributed by atoms with Crippen LogP contribution in [0.15, 0.2) is 18.2 Å². The van der Waals surface area contributed by atoms with Crippen LogP contribution < -0.4 is 10.5 Å². The van der Waals surface area contributed by atoms with E-state index in [1.807, 2.05) is 0 Å². The number of likely N-dealkylation sites (tertiary alicyclic amines) is 1. The number of halogens is 4. The fourth-order valence-electron chi connectivity index (χ4n) is 4.60. The summed E-state index contributed by atoms with van der Waals surface area (Å²) in [6.07, 6.45) is -1.19. The number of aromatic nitrogens is 6. The first kappa shape index (κ1) is 22.3. The lowest BCUT2D eigenvalue weighted by molar-refractivity contribution is -0.00340. The Hall–Kier alpha value is -3.48. The summed E-state index contributed by atoms with van der Waals surface area (Å²) in [5.74, 6) is -5.86. The summed E-state index contributed by atoms with van der Waals surface area (Å²) in [6, 6.07) is 4.76. The number of hydrogen-bond donors (Lipinski definition) is 1. The Morgan fingerprint density at radius 1 is 1.32 bits per heavy atom. The van der Waals surface area contributed by atoms with E-state index in [1.165, 1.54) is 23.6 Å². The molecule has 3 aromatic heterocycles. The van der Waals surface area contributed by atoms with Crippen LogP contribution in [0.4, 0.5) is 23.5 Å². The number of likely N-dealkylation sites (N-methyl/N-ethyl adjacent to an activating group) is 1. The zero-order valence-electron chi connectivity index (χ0n) is 18.6. The number of ether oxygens (including phenoxy) is 1. The molecular formula is C21H22F4N8O. The highest BCUT2D eigenvalue weighted by Crippen LogP contribution is 2.45. The number of nitrogens with zero attached hydrogens (tertiary/aromatic N) is 7. The maximum Gasteiger partial charge on any atom is 0.270 e. The molecule has 180 valence electrons. The van der Waals surface area contributed by atoms with E-state index in [0.717, 1.165) is 4.52 Å². The topological polar surface area (TPSA) is 99.4 Å². The molecule has 1 aromatic carbocycles. The molecule has 9 nitrogen and oxygen atoms in total. The lowest BCUT2D eigenvalue weighted by atomic mass is 9.98. The number of fused-ring (bicyclic) bond motifs is 2. The van der Waals surface area contributed by atoms with Crippen molar-refractivity contribution in [1.82, 2.24) is 34.5 Å².